The molecule has 1 aromatic rings. The van der Waals surface area contributed by atoms with Crippen molar-refractivity contribution in [3.8, 4) is 0 Å². The summed E-state index contributed by atoms with van der Waals surface area (Å²) >= 11 is 9.06. The molecule has 1 rings (SSSR count). The molecule has 11 heavy (non-hydrogen) atoms. The highest BCUT2D eigenvalue weighted by atomic mass is 79.9. The van der Waals surface area contributed by atoms with Crippen LogP contribution in [0.15, 0.2) is 27.6 Å². The number of rotatable bonds is 1. The van der Waals surface area contributed by atoms with Crippen LogP contribution in [0.1, 0.15) is 0 Å². The minimum atomic E-state index is -1.00. The highest BCUT2D eigenvalue weighted by Gasteiger charge is 2.02. The van der Waals surface area contributed by atoms with Gasteiger partial charge in [-0.2, -0.15) is 0 Å². The predicted molar refractivity (Wildman–Crippen MR) is 51.5 cm³/mol. The zero-order valence-electron chi connectivity index (χ0n) is 5.80. The molecule has 1 unspecified atom stereocenters. The molecule has 60 valence electrons. The van der Waals surface area contributed by atoms with E-state index in [1.165, 1.54) is 0 Å². The van der Waals surface area contributed by atoms with Crippen LogP contribution in [0.4, 0.5) is 0 Å². The van der Waals surface area contributed by atoms with E-state index in [0.29, 0.717) is 9.92 Å². The van der Waals surface area contributed by atoms with Crippen LogP contribution in [-0.2, 0) is 10.8 Å². The second-order valence-electron chi connectivity index (χ2n) is 2.03. The molecule has 0 fully saturated rings. The van der Waals surface area contributed by atoms with Crippen molar-refractivity contribution in [3.05, 3.63) is 27.7 Å². The van der Waals surface area contributed by atoms with Gasteiger partial charge in [-0.15, -0.1) is 0 Å². The molecule has 1 atom stereocenters. The fourth-order valence-electron chi connectivity index (χ4n) is 0.708. The smallest absolute Gasteiger partial charge is 0.0578 e. The first-order valence-electron chi connectivity index (χ1n) is 2.90. The summed E-state index contributed by atoms with van der Waals surface area (Å²) in [6.07, 6.45) is 1.61. The van der Waals surface area contributed by atoms with Crippen LogP contribution in [-0.4, -0.2) is 10.5 Å². The standard InChI is InChI=1S/C7H6BrClOS/c1-11(10)7-3-2-5(8)4-6(7)9/h2-4H,1H3. The lowest BCUT2D eigenvalue weighted by atomic mass is 10.4. The molecule has 0 N–H and O–H groups in total. The zero-order chi connectivity index (χ0) is 8.43. The lowest BCUT2D eigenvalue weighted by Crippen LogP contribution is -1.87. The van der Waals surface area contributed by atoms with Gasteiger partial charge in [0.1, 0.15) is 0 Å². The maximum absolute atomic E-state index is 11.0. The van der Waals surface area contributed by atoms with Gasteiger partial charge in [0.05, 0.1) is 20.7 Å². The Morgan fingerprint density at radius 1 is 1.55 bits per heavy atom. The summed E-state index contributed by atoms with van der Waals surface area (Å²) in [5.74, 6) is 0. The molecule has 0 saturated carbocycles. The summed E-state index contributed by atoms with van der Waals surface area (Å²) in [5, 5.41) is 0.542. The van der Waals surface area contributed by atoms with E-state index in [4.69, 9.17) is 11.6 Å². The van der Waals surface area contributed by atoms with Crippen LogP contribution in [0, 0.1) is 0 Å². The van der Waals surface area contributed by atoms with Crippen LogP contribution >= 0.6 is 27.5 Å². The molecular weight excluding hydrogens is 247 g/mol. The van der Waals surface area contributed by atoms with Crippen molar-refractivity contribution in [2.24, 2.45) is 0 Å². The Hall–Kier alpha value is 0.140. The topological polar surface area (TPSA) is 17.1 Å². The van der Waals surface area contributed by atoms with Crippen molar-refractivity contribution in [1.82, 2.24) is 0 Å². The van der Waals surface area contributed by atoms with Crippen LogP contribution in [0.3, 0.4) is 0 Å². The predicted octanol–water partition coefficient (Wildman–Crippen LogP) is 2.84. The first-order valence-corrected chi connectivity index (χ1v) is 5.62. The fraction of sp³-hybridized carbons (Fsp3) is 0.143. The SMILES string of the molecule is CS(=O)c1ccc(Br)cc1Cl. The third-order valence-electron chi connectivity index (χ3n) is 1.20. The number of benzene rings is 1. The second-order valence-corrected chi connectivity index (χ2v) is 4.70. The molecule has 0 aliphatic carbocycles. The average molecular weight is 254 g/mol. The Labute approximate surface area is 81.3 Å². The van der Waals surface area contributed by atoms with Crippen LogP contribution in [0.5, 0.6) is 0 Å². The molecule has 1 nitrogen and oxygen atoms in total. The van der Waals surface area contributed by atoms with E-state index in [9.17, 15) is 4.21 Å². The first-order chi connectivity index (χ1) is 5.11. The first kappa shape index (κ1) is 9.23. The Balaban J connectivity index is 3.20. The molecule has 1 aromatic carbocycles. The molecule has 0 heterocycles. The number of hydrogen-bond acceptors (Lipinski definition) is 1. The van der Waals surface area contributed by atoms with Crippen LogP contribution in [0.2, 0.25) is 5.02 Å². The molecular formula is C7H6BrClOS. The van der Waals surface area contributed by atoms with Gasteiger partial charge in [-0.1, -0.05) is 27.5 Å². The maximum Gasteiger partial charge on any atom is 0.0578 e. The van der Waals surface area contributed by atoms with Crippen molar-refractivity contribution in [2.75, 3.05) is 6.26 Å². The Morgan fingerprint density at radius 3 is 2.64 bits per heavy atom. The highest BCUT2D eigenvalue weighted by Crippen LogP contribution is 2.23. The molecule has 0 aliphatic heterocycles. The van der Waals surface area contributed by atoms with E-state index < -0.39 is 10.8 Å². The van der Waals surface area contributed by atoms with E-state index in [0.717, 1.165) is 4.47 Å². The van der Waals surface area contributed by atoms with Gasteiger partial charge in [0, 0.05) is 10.7 Å². The van der Waals surface area contributed by atoms with Crippen molar-refractivity contribution in [3.63, 3.8) is 0 Å². The van der Waals surface area contributed by atoms with Crippen molar-refractivity contribution in [2.45, 2.75) is 4.90 Å². The van der Waals surface area contributed by atoms with Crippen LogP contribution < -0.4 is 0 Å². The van der Waals surface area contributed by atoms with Crippen molar-refractivity contribution < 1.29 is 4.21 Å². The maximum atomic E-state index is 11.0. The summed E-state index contributed by atoms with van der Waals surface area (Å²) in [6.45, 7) is 0. The van der Waals surface area contributed by atoms with Gasteiger partial charge in [-0.05, 0) is 18.2 Å². The largest absolute Gasteiger partial charge is 0.255 e. The summed E-state index contributed by atoms with van der Waals surface area (Å²) in [6, 6.07) is 5.31. The lowest BCUT2D eigenvalue weighted by Gasteiger charge is -1.99. The fourth-order valence-corrected chi connectivity index (χ4v) is 2.30. The van der Waals surface area contributed by atoms with E-state index in [1.807, 2.05) is 6.07 Å². The quantitative estimate of drug-likeness (QED) is 0.752. The minimum absolute atomic E-state index is 0.542. The van der Waals surface area contributed by atoms with Gasteiger partial charge in [0.25, 0.3) is 0 Å². The van der Waals surface area contributed by atoms with Gasteiger partial charge in [0.2, 0.25) is 0 Å². The average Bonchev–Trinajstić information content (AvgIpc) is 1.85. The minimum Gasteiger partial charge on any atom is -0.255 e. The number of hydrogen-bond donors (Lipinski definition) is 0. The molecule has 0 spiro atoms. The van der Waals surface area contributed by atoms with Crippen molar-refractivity contribution >= 4 is 38.3 Å². The molecule has 0 amide bonds. The molecule has 0 bridgehead atoms. The van der Waals surface area contributed by atoms with Gasteiger partial charge in [0.15, 0.2) is 0 Å². The van der Waals surface area contributed by atoms with Gasteiger partial charge >= 0.3 is 0 Å². The summed E-state index contributed by atoms with van der Waals surface area (Å²) in [7, 11) is -1.00. The lowest BCUT2D eigenvalue weighted by molar-refractivity contribution is 0.687. The molecule has 0 aromatic heterocycles. The Morgan fingerprint density at radius 2 is 2.18 bits per heavy atom. The van der Waals surface area contributed by atoms with E-state index in [1.54, 1.807) is 18.4 Å². The second kappa shape index (κ2) is 3.70. The Bertz CT molecular complexity index is 300. The number of halogens is 2. The van der Waals surface area contributed by atoms with E-state index >= 15 is 0 Å². The normalized spacial score (nSPS) is 13.0. The third kappa shape index (κ3) is 2.29. The van der Waals surface area contributed by atoms with Gasteiger partial charge in [-0.3, -0.25) is 4.21 Å². The van der Waals surface area contributed by atoms with Crippen LogP contribution in [0.25, 0.3) is 0 Å². The monoisotopic (exact) mass is 252 g/mol. The Kier molecular flexibility index (Phi) is 3.10. The molecule has 0 radical (unpaired) electrons. The van der Waals surface area contributed by atoms with E-state index in [2.05, 4.69) is 15.9 Å². The molecule has 0 saturated heterocycles. The summed E-state index contributed by atoms with van der Waals surface area (Å²) in [4.78, 5) is 0.676. The van der Waals surface area contributed by atoms with E-state index in [-0.39, 0.29) is 0 Å². The zero-order valence-corrected chi connectivity index (χ0v) is 8.96. The summed E-state index contributed by atoms with van der Waals surface area (Å²) in [5.41, 5.74) is 0. The third-order valence-corrected chi connectivity index (χ3v) is 3.10. The summed E-state index contributed by atoms with van der Waals surface area (Å²) < 4.78 is 11.9. The van der Waals surface area contributed by atoms with Gasteiger partial charge in [-0.25, -0.2) is 0 Å². The molecule has 4 heteroatoms. The van der Waals surface area contributed by atoms with Gasteiger partial charge < -0.3 is 0 Å². The highest BCUT2D eigenvalue weighted by molar-refractivity contribution is 9.10. The molecule has 0 aliphatic rings. The van der Waals surface area contributed by atoms with Crippen molar-refractivity contribution in [1.29, 1.82) is 0 Å².